The highest BCUT2D eigenvalue weighted by atomic mass is 19.2. The third-order valence-corrected chi connectivity index (χ3v) is 2.78. The summed E-state index contributed by atoms with van der Waals surface area (Å²) in [5.74, 6) is -4.20. The van der Waals surface area contributed by atoms with Crippen LogP contribution in [-0.4, -0.2) is 25.0 Å². The molecule has 112 valence electrons. The van der Waals surface area contributed by atoms with E-state index in [1.54, 1.807) is 6.92 Å². The van der Waals surface area contributed by atoms with Gasteiger partial charge in [0.25, 0.3) is 5.91 Å². The number of methoxy groups -OCH3 is 1. The first kappa shape index (κ1) is 16.6. The Hall–Kier alpha value is -2.49. The van der Waals surface area contributed by atoms with Crippen molar-refractivity contribution in [3.05, 3.63) is 35.4 Å². The SMILES string of the molecule is COC(=O)[C@@H](C[C@@H](C)C#N)NC(=O)c1ccc(F)c(F)c1. The summed E-state index contributed by atoms with van der Waals surface area (Å²) >= 11 is 0. The van der Waals surface area contributed by atoms with Crippen LogP contribution in [0.15, 0.2) is 18.2 Å². The number of carbonyl (C=O) groups is 2. The van der Waals surface area contributed by atoms with E-state index in [1.165, 1.54) is 0 Å². The first-order chi connectivity index (χ1) is 9.88. The van der Waals surface area contributed by atoms with Crippen LogP contribution in [0.25, 0.3) is 0 Å². The highest BCUT2D eigenvalue weighted by Crippen LogP contribution is 2.11. The Kier molecular flexibility index (Phi) is 5.79. The van der Waals surface area contributed by atoms with Crippen molar-refractivity contribution in [2.45, 2.75) is 19.4 Å². The van der Waals surface area contributed by atoms with Gasteiger partial charge in [0, 0.05) is 11.5 Å². The number of rotatable bonds is 5. The highest BCUT2D eigenvalue weighted by Gasteiger charge is 2.24. The van der Waals surface area contributed by atoms with Crippen molar-refractivity contribution in [1.29, 1.82) is 5.26 Å². The lowest BCUT2D eigenvalue weighted by Crippen LogP contribution is -2.42. The maximum atomic E-state index is 13.1. The Balaban J connectivity index is 2.87. The molecule has 1 N–H and O–H groups in total. The van der Waals surface area contributed by atoms with Crippen LogP contribution in [0.1, 0.15) is 23.7 Å². The summed E-state index contributed by atoms with van der Waals surface area (Å²) in [6.07, 6.45) is 0.0542. The number of amides is 1. The number of carbonyl (C=O) groups excluding carboxylic acids is 2. The molecule has 0 aliphatic heterocycles. The van der Waals surface area contributed by atoms with Crippen LogP contribution in [0.3, 0.4) is 0 Å². The molecule has 5 nitrogen and oxygen atoms in total. The fraction of sp³-hybridized carbons (Fsp3) is 0.357. The van der Waals surface area contributed by atoms with Gasteiger partial charge in [-0.15, -0.1) is 0 Å². The number of esters is 1. The van der Waals surface area contributed by atoms with Crippen molar-refractivity contribution in [1.82, 2.24) is 5.32 Å². The molecule has 0 aliphatic carbocycles. The van der Waals surface area contributed by atoms with E-state index in [4.69, 9.17) is 5.26 Å². The van der Waals surface area contributed by atoms with Gasteiger partial charge in [-0.05, 0) is 31.5 Å². The Bertz CT molecular complexity index is 584. The molecule has 1 aromatic rings. The Morgan fingerprint density at radius 2 is 2.05 bits per heavy atom. The summed E-state index contributed by atoms with van der Waals surface area (Å²) < 4.78 is 30.4. The van der Waals surface area contributed by atoms with Gasteiger partial charge >= 0.3 is 5.97 Å². The van der Waals surface area contributed by atoms with Crippen molar-refractivity contribution in [3.63, 3.8) is 0 Å². The number of hydrogen-bond donors (Lipinski definition) is 1. The van der Waals surface area contributed by atoms with E-state index in [1.807, 2.05) is 6.07 Å². The smallest absolute Gasteiger partial charge is 0.328 e. The predicted molar refractivity (Wildman–Crippen MR) is 69.0 cm³/mol. The van der Waals surface area contributed by atoms with E-state index < -0.39 is 35.5 Å². The van der Waals surface area contributed by atoms with Crippen molar-refractivity contribution in [2.24, 2.45) is 5.92 Å². The van der Waals surface area contributed by atoms with Crippen LogP contribution in [0.5, 0.6) is 0 Å². The third kappa shape index (κ3) is 4.53. The normalized spacial score (nSPS) is 12.9. The molecule has 0 aliphatic rings. The molecule has 1 rings (SSSR count). The van der Waals surface area contributed by atoms with Crippen molar-refractivity contribution < 1.29 is 23.1 Å². The van der Waals surface area contributed by atoms with Gasteiger partial charge in [-0.1, -0.05) is 0 Å². The molecule has 0 spiro atoms. The molecule has 0 heterocycles. The summed E-state index contributed by atoms with van der Waals surface area (Å²) in [7, 11) is 1.15. The zero-order valence-electron chi connectivity index (χ0n) is 11.5. The number of ether oxygens (including phenoxy) is 1. The second-order valence-corrected chi connectivity index (χ2v) is 4.44. The van der Waals surface area contributed by atoms with Gasteiger partial charge in [0.15, 0.2) is 11.6 Å². The number of halogens is 2. The summed E-state index contributed by atoms with van der Waals surface area (Å²) in [6.45, 7) is 1.58. The molecular weight excluding hydrogens is 282 g/mol. The van der Waals surface area contributed by atoms with Crippen LogP contribution in [0.4, 0.5) is 8.78 Å². The van der Waals surface area contributed by atoms with E-state index in [0.29, 0.717) is 0 Å². The Morgan fingerprint density at radius 1 is 1.38 bits per heavy atom. The van der Waals surface area contributed by atoms with Gasteiger partial charge in [0.05, 0.1) is 13.2 Å². The van der Waals surface area contributed by atoms with Crippen molar-refractivity contribution in [2.75, 3.05) is 7.11 Å². The molecule has 21 heavy (non-hydrogen) atoms. The first-order valence-electron chi connectivity index (χ1n) is 6.12. The lowest BCUT2D eigenvalue weighted by molar-refractivity contribution is -0.143. The monoisotopic (exact) mass is 296 g/mol. The standard InChI is InChI=1S/C14H14F2N2O3/c1-8(7-17)5-12(14(20)21-2)18-13(19)9-3-4-10(15)11(16)6-9/h3-4,6,8,12H,5H2,1-2H3,(H,18,19)/t8-,12-/m1/s1. The minimum absolute atomic E-state index is 0.0542. The second kappa shape index (κ2) is 7.33. The number of nitriles is 1. The molecule has 0 saturated carbocycles. The first-order valence-corrected chi connectivity index (χ1v) is 6.12. The molecule has 1 amide bonds. The lowest BCUT2D eigenvalue weighted by atomic mass is 10.0. The minimum atomic E-state index is -1.16. The average Bonchev–Trinajstić information content (AvgIpc) is 2.48. The number of nitrogens with zero attached hydrogens (tertiary/aromatic N) is 1. The second-order valence-electron chi connectivity index (χ2n) is 4.44. The minimum Gasteiger partial charge on any atom is -0.467 e. The molecule has 7 heteroatoms. The van der Waals surface area contributed by atoms with Gasteiger partial charge in [0.2, 0.25) is 0 Å². The lowest BCUT2D eigenvalue weighted by Gasteiger charge is -2.17. The van der Waals surface area contributed by atoms with Gasteiger partial charge in [0.1, 0.15) is 6.04 Å². The zero-order valence-corrected chi connectivity index (χ0v) is 11.5. The Labute approximate surface area is 120 Å². The molecular formula is C14H14F2N2O3. The number of hydrogen-bond acceptors (Lipinski definition) is 4. The molecule has 0 radical (unpaired) electrons. The van der Waals surface area contributed by atoms with E-state index in [0.717, 1.165) is 25.3 Å². The van der Waals surface area contributed by atoms with E-state index in [9.17, 15) is 18.4 Å². The highest BCUT2D eigenvalue weighted by molar-refractivity contribution is 5.96. The van der Waals surface area contributed by atoms with Gasteiger partial charge in [-0.2, -0.15) is 5.26 Å². The Morgan fingerprint density at radius 3 is 2.57 bits per heavy atom. The summed E-state index contributed by atoms with van der Waals surface area (Å²) in [5, 5.41) is 11.1. The third-order valence-electron chi connectivity index (χ3n) is 2.78. The fourth-order valence-corrected chi connectivity index (χ4v) is 1.64. The summed E-state index contributed by atoms with van der Waals surface area (Å²) in [5.41, 5.74) is -0.132. The van der Waals surface area contributed by atoms with E-state index in [2.05, 4.69) is 10.1 Å². The number of benzene rings is 1. The van der Waals surface area contributed by atoms with Crippen molar-refractivity contribution in [3.8, 4) is 6.07 Å². The van der Waals surface area contributed by atoms with Crippen LogP contribution in [0.2, 0.25) is 0 Å². The molecule has 0 unspecified atom stereocenters. The maximum absolute atomic E-state index is 13.1. The molecule has 2 atom stereocenters. The topological polar surface area (TPSA) is 79.2 Å². The fourth-order valence-electron chi connectivity index (χ4n) is 1.64. The van der Waals surface area contributed by atoms with Crippen molar-refractivity contribution >= 4 is 11.9 Å². The van der Waals surface area contributed by atoms with Gasteiger partial charge in [-0.3, -0.25) is 4.79 Å². The average molecular weight is 296 g/mol. The maximum Gasteiger partial charge on any atom is 0.328 e. The van der Waals surface area contributed by atoms with Crippen LogP contribution >= 0.6 is 0 Å². The summed E-state index contributed by atoms with van der Waals surface area (Å²) in [6, 6.07) is 3.54. The molecule has 0 aromatic heterocycles. The van der Waals surface area contributed by atoms with Crippen LogP contribution in [0, 0.1) is 28.9 Å². The molecule has 0 bridgehead atoms. The summed E-state index contributed by atoms with van der Waals surface area (Å²) in [4.78, 5) is 23.5. The zero-order chi connectivity index (χ0) is 16.0. The van der Waals surface area contributed by atoms with Gasteiger partial charge < -0.3 is 10.1 Å². The predicted octanol–water partition coefficient (Wildman–Crippen LogP) is 1.79. The van der Waals surface area contributed by atoms with Crippen LogP contribution in [-0.2, 0) is 9.53 Å². The van der Waals surface area contributed by atoms with Crippen LogP contribution < -0.4 is 5.32 Å². The van der Waals surface area contributed by atoms with E-state index in [-0.39, 0.29) is 12.0 Å². The van der Waals surface area contributed by atoms with Gasteiger partial charge in [-0.25, -0.2) is 13.6 Å². The molecule has 0 fully saturated rings. The molecule has 0 saturated heterocycles. The number of nitrogens with one attached hydrogen (secondary N) is 1. The quantitative estimate of drug-likeness (QED) is 0.840. The largest absolute Gasteiger partial charge is 0.467 e. The van der Waals surface area contributed by atoms with E-state index >= 15 is 0 Å². The molecule has 1 aromatic carbocycles.